The number of hydrogen-bond donors (Lipinski definition) is 2. The van der Waals surface area contributed by atoms with Gasteiger partial charge in [0.25, 0.3) is 11.8 Å². The minimum Gasteiger partial charge on any atom is -0.343 e. The molecular weight excluding hydrogens is 336 g/mol. The third kappa shape index (κ3) is 5.11. The minimum atomic E-state index is -0.254. The highest BCUT2D eigenvalue weighted by Crippen LogP contribution is 2.10. The molecule has 0 unspecified atom stereocenters. The first-order valence-electron chi connectivity index (χ1n) is 6.81. The van der Waals surface area contributed by atoms with E-state index in [0.717, 1.165) is 30.7 Å². The van der Waals surface area contributed by atoms with Gasteiger partial charge in [-0.25, -0.2) is 5.01 Å². The van der Waals surface area contributed by atoms with Crippen LogP contribution in [0.1, 0.15) is 10.4 Å². The summed E-state index contributed by atoms with van der Waals surface area (Å²) in [5.74, 6) is -0.457. The third-order valence-corrected chi connectivity index (χ3v) is 3.83. The summed E-state index contributed by atoms with van der Waals surface area (Å²) < 4.78 is 0.909. The lowest BCUT2D eigenvalue weighted by molar-refractivity contribution is -0.125. The van der Waals surface area contributed by atoms with Gasteiger partial charge in [-0.2, -0.15) is 0 Å². The number of hydrogen-bond acceptors (Lipinski definition) is 4. The standard InChI is InChI=1S/C14H19BrN4O2/c1-18-6-8-19(9-7-18)17-13(20)10-16-14(21)11-2-4-12(15)5-3-11/h2-5H,6-10H2,1H3,(H,16,21)(H,17,20). The predicted molar refractivity (Wildman–Crippen MR) is 83.7 cm³/mol. The molecule has 1 aliphatic heterocycles. The van der Waals surface area contributed by atoms with Crippen LogP contribution in [0.4, 0.5) is 0 Å². The van der Waals surface area contributed by atoms with Gasteiger partial charge in [0.05, 0.1) is 6.54 Å². The summed E-state index contributed by atoms with van der Waals surface area (Å²) in [6, 6.07) is 6.99. The third-order valence-electron chi connectivity index (χ3n) is 3.30. The van der Waals surface area contributed by atoms with E-state index in [1.165, 1.54) is 0 Å². The van der Waals surface area contributed by atoms with E-state index in [1.807, 2.05) is 5.01 Å². The molecule has 1 saturated heterocycles. The number of nitrogens with zero attached hydrogens (tertiary/aromatic N) is 2. The summed E-state index contributed by atoms with van der Waals surface area (Å²) in [5, 5.41) is 4.50. The number of benzene rings is 1. The second-order valence-electron chi connectivity index (χ2n) is 5.01. The molecule has 6 nitrogen and oxygen atoms in total. The molecule has 1 heterocycles. The Bertz CT molecular complexity index is 498. The summed E-state index contributed by atoms with van der Waals surface area (Å²) in [6.07, 6.45) is 0. The van der Waals surface area contributed by atoms with Gasteiger partial charge >= 0.3 is 0 Å². The first kappa shape index (κ1) is 15.9. The van der Waals surface area contributed by atoms with Gasteiger partial charge in [-0.3, -0.25) is 15.0 Å². The van der Waals surface area contributed by atoms with Crippen molar-refractivity contribution in [2.45, 2.75) is 0 Å². The summed E-state index contributed by atoms with van der Waals surface area (Å²) >= 11 is 3.31. The van der Waals surface area contributed by atoms with Gasteiger partial charge < -0.3 is 10.2 Å². The van der Waals surface area contributed by atoms with Crippen LogP contribution in [0.5, 0.6) is 0 Å². The summed E-state index contributed by atoms with van der Waals surface area (Å²) in [6.45, 7) is 3.41. The fourth-order valence-corrected chi connectivity index (χ4v) is 2.26. The first-order valence-corrected chi connectivity index (χ1v) is 7.60. The molecule has 0 aliphatic carbocycles. The molecule has 114 valence electrons. The Labute approximate surface area is 132 Å². The van der Waals surface area contributed by atoms with Crippen molar-refractivity contribution in [1.29, 1.82) is 0 Å². The van der Waals surface area contributed by atoms with E-state index in [9.17, 15) is 9.59 Å². The van der Waals surface area contributed by atoms with Gasteiger partial charge in [-0.1, -0.05) is 15.9 Å². The van der Waals surface area contributed by atoms with Crippen molar-refractivity contribution in [2.24, 2.45) is 0 Å². The van der Waals surface area contributed by atoms with E-state index in [-0.39, 0.29) is 18.4 Å². The Morgan fingerprint density at radius 1 is 1.14 bits per heavy atom. The molecule has 21 heavy (non-hydrogen) atoms. The van der Waals surface area contributed by atoms with Crippen molar-refractivity contribution in [3.05, 3.63) is 34.3 Å². The van der Waals surface area contributed by atoms with Crippen LogP contribution in [-0.4, -0.2) is 61.5 Å². The van der Waals surface area contributed by atoms with Crippen LogP contribution in [0.15, 0.2) is 28.7 Å². The molecule has 1 fully saturated rings. The molecule has 1 aromatic rings. The van der Waals surface area contributed by atoms with Gasteiger partial charge in [-0.15, -0.1) is 0 Å². The van der Waals surface area contributed by atoms with E-state index >= 15 is 0 Å². The number of halogens is 1. The maximum absolute atomic E-state index is 11.9. The lowest BCUT2D eigenvalue weighted by Gasteiger charge is -2.32. The highest BCUT2D eigenvalue weighted by atomic mass is 79.9. The van der Waals surface area contributed by atoms with Crippen LogP contribution in [0.3, 0.4) is 0 Å². The summed E-state index contributed by atoms with van der Waals surface area (Å²) in [5.41, 5.74) is 3.33. The molecule has 7 heteroatoms. The van der Waals surface area contributed by atoms with Crippen LogP contribution in [-0.2, 0) is 4.79 Å². The normalized spacial score (nSPS) is 16.5. The number of amides is 2. The Balaban J connectivity index is 1.73. The number of hydrazine groups is 1. The number of nitrogens with one attached hydrogen (secondary N) is 2. The monoisotopic (exact) mass is 354 g/mol. The Kier molecular flexibility index (Phi) is 5.72. The van der Waals surface area contributed by atoms with Crippen molar-refractivity contribution in [1.82, 2.24) is 20.7 Å². The first-order chi connectivity index (χ1) is 10.0. The number of carbonyl (C=O) groups excluding carboxylic acids is 2. The molecule has 0 saturated carbocycles. The summed E-state index contributed by atoms with van der Waals surface area (Å²) in [4.78, 5) is 25.9. The lowest BCUT2D eigenvalue weighted by Crippen LogP contribution is -2.54. The van der Waals surface area contributed by atoms with Crippen LogP contribution in [0, 0.1) is 0 Å². The highest BCUT2D eigenvalue weighted by Gasteiger charge is 2.16. The quantitative estimate of drug-likeness (QED) is 0.824. The van der Waals surface area contributed by atoms with Gasteiger partial charge in [0, 0.05) is 36.2 Å². The molecule has 0 aromatic heterocycles. The molecule has 0 atom stereocenters. The molecule has 2 amide bonds. The van der Waals surface area contributed by atoms with Crippen molar-refractivity contribution in [3.63, 3.8) is 0 Å². The maximum atomic E-state index is 11.9. The predicted octanol–water partition coefficient (Wildman–Crippen LogP) is 0.457. The second kappa shape index (κ2) is 7.53. The van der Waals surface area contributed by atoms with Gasteiger partial charge in [0.2, 0.25) is 0 Å². The molecule has 2 rings (SSSR count). The molecule has 1 aromatic carbocycles. The SMILES string of the molecule is CN1CCN(NC(=O)CNC(=O)c2ccc(Br)cc2)CC1. The van der Waals surface area contributed by atoms with Crippen molar-refractivity contribution >= 4 is 27.7 Å². The molecule has 1 aliphatic rings. The maximum Gasteiger partial charge on any atom is 0.253 e. The smallest absolute Gasteiger partial charge is 0.253 e. The number of carbonyl (C=O) groups is 2. The lowest BCUT2D eigenvalue weighted by atomic mass is 10.2. The van der Waals surface area contributed by atoms with E-state index in [4.69, 9.17) is 0 Å². The highest BCUT2D eigenvalue weighted by molar-refractivity contribution is 9.10. The van der Waals surface area contributed by atoms with Gasteiger partial charge in [0.15, 0.2) is 0 Å². The largest absolute Gasteiger partial charge is 0.343 e. The molecule has 2 N–H and O–H groups in total. The second-order valence-corrected chi connectivity index (χ2v) is 5.93. The molecule has 0 spiro atoms. The van der Waals surface area contributed by atoms with E-state index < -0.39 is 0 Å². The fourth-order valence-electron chi connectivity index (χ4n) is 2.00. The van der Waals surface area contributed by atoms with E-state index in [1.54, 1.807) is 24.3 Å². The van der Waals surface area contributed by atoms with Crippen LogP contribution < -0.4 is 10.7 Å². The molecular formula is C14H19BrN4O2. The van der Waals surface area contributed by atoms with Gasteiger partial charge in [0.1, 0.15) is 0 Å². The Hall–Kier alpha value is -1.44. The Morgan fingerprint density at radius 3 is 2.38 bits per heavy atom. The Morgan fingerprint density at radius 2 is 1.76 bits per heavy atom. The fraction of sp³-hybridized carbons (Fsp3) is 0.429. The van der Waals surface area contributed by atoms with Crippen molar-refractivity contribution < 1.29 is 9.59 Å². The zero-order valence-corrected chi connectivity index (χ0v) is 13.5. The van der Waals surface area contributed by atoms with Crippen LogP contribution in [0.2, 0.25) is 0 Å². The van der Waals surface area contributed by atoms with E-state index in [0.29, 0.717) is 5.56 Å². The number of rotatable bonds is 4. The number of piperazine rings is 1. The van der Waals surface area contributed by atoms with E-state index in [2.05, 4.69) is 38.6 Å². The zero-order chi connectivity index (χ0) is 15.2. The average Bonchev–Trinajstić information content (AvgIpc) is 2.48. The minimum absolute atomic E-state index is 0.0266. The average molecular weight is 355 g/mol. The zero-order valence-electron chi connectivity index (χ0n) is 11.9. The molecule has 0 bridgehead atoms. The van der Waals surface area contributed by atoms with Crippen molar-refractivity contribution in [2.75, 3.05) is 39.8 Å². The summed E-state index contributed by atoms with van der Waals surface area (Å²) in [7, 11) is 2.05. The number of likely N-dealkylation sites (N-methyl/N-ethyl adjacent to an activating group) is 1. The molecule has 0 radical (unpaired) electrons. The van der Waals surface area contributed by atoms with Crippen LogP contribution >= 0.6 is 15.9 Å². The topological polar surface area (TPSA) is 64.7 Å². The van der Waals surface area contributed by atoms with Gasteiger partial charge in [-0.05, 0) is 31.3 Å². The van der Waals surface area contributed by atoms with Crippen LogP contribution in [0.25, 0.3) is 0 Å². The van der Waals surface area contributed by atoms with Crippen molar-refractivity contribution in [3.8, 4) is 0 Å².